The monoisotopic (exact) mass is 292 g/mol. The lowest BCUT2D eigenvalue weighted by Crippen LogP contribution is -2.34. The van der Waals surface area contributed by atoms with Gasteiger partial charge in [0.05, 0.1) is 5.56 Å². The van der Waals surface area contributed by atoms with Crippen molar-refractivity contribution in [2.24, 2.45) is 11.1 Å². The highest BCUT2D eigenvalue weighted by atomic mass is 32.1. The zero-order chi connectivity index (χ0) is 14.8. The van der Waals surface area contributed by atoms with Crippen LogP contribution >= 0.6 is 12.2 Å². The van der Waals surface area contributed by atoms with Crippen LogP contribution in [0.4, 0.5) is 0 Å². The molecule has 1 aliphatic rings. The summed E-state index contributed by atoms with van der Waals surface area (Å²) in [6, 6.07) is 7.24. The summed E-state index contributed by atoms with van der Waals surface area (Å²) in [5.74, 6) is 0.570. The van der Waals surface area contributed by atoms with Crippen molar-refractivity contribution in [1.29, 1.82) is 0 Å². The Morgan fingerprint density at radius 3 is 2.75 bits per heavy atom. The number of nitrogens with zero attached hydrogens (tertiary/aromatic N) is 1. The van der Waals surface area contributed by atoms with Gasteiger partial charge in [-0.05, 0) is 24.0 Å². The molecule has 0 aromatic heterocycles. The molecule has 5 heteroatoms. The Hall–Kier alpha value is -1.62. The van der Waals surface area contributed by atoms with Crippen molar-refractivity contribution in [3.05, 3.63) is 29.8 Å². The number of hydrogen-bond donors (Lipinski definition) is 1. The summed E-state index contributed by atoms with van der Waals surface area (Å²) in [6.07, 6.45) is 1.03. The van der Waals surface area contributed by atoms with Crippen molar-refractivity contribution in [1.82, 2.24) is 4.90 Å². The zero-order valence-corrected chi connectivity index (χ0v) is 12.7. The Labute approximate surface area is 124 Å². The summed E-state index contributed by atoms with van der Waals surface area (Å²) in [5, 5.41) is 0. The largest absolute Gasteiger partial charge is 0.483 e. The van der Waals surface area contributed by atoms with Crippen molar-refractivity contribution in [3.8, 4) is 5.75 Å². The van der Waals surface area contributed by atoms with Gasteiger partial charge in [-0.15, -0.1) is 0 Å². The Morgan fingerprint density at radius 2 is 2.15 bits per heavy atom. The van der Waals surface area contributed by atoms with E-state index in [1.54, 1.807) is 12.1 Å². The van der Waals surface area contributed by atoms with Gasteiger partial charge >= 0.3 is 0 Å². The first-order valence-corrected chi connectivity index (χ1v) is 7.09. The standard InChI is InChI=1S/C15H20N2O2S/c1-15(2)7-8-17(10-15)13(18)9-19-12-6-4-3-5-11(12)14(16)20/h3-6H,7-10H2,1-2H3,(H2,16,20). The molecule has 1 saturated heterocycles. The summed E-state index contributed by atoms with van der Waals surface area (Å²) in [4.78, 5) is 14.2. The molecule has 0 aliphatic carbocycles. The SMILES string of the molecule is CC1(C)CCN(C(=O)COc2ccccc2C(N)=S)C1. The topological polar surface area (TPSA) is 55.6 Å². The van der Waals surface area contributed by atoms with Crippen molar-refractivity contribution >= 4 is 23.1 Å². The van der Waals surface area contributed by atoms with Crippen LogP contribution in [-0.4, -0.2) is 35.5 Å². The maximum Gasteiger partial charge on any atom is 0.260 e. The van der Waals surface area contributed by atoms with Gasteiger partial charge in [-0.25, -0.2) is 0 Å². The number of hydrogen-bond acceptors (Lipinski definition) is 3. The van der Waals surface area contributed by atoms with Crippen LogP contribution < -0.4 is 10.5 Å². The average Bonchev–Trinajstić information content (AvgIpc) is 2.76. The van der Waals surface area contributed by atoms with E-state index in [2.05, 4.69) is 13.8 Å². The average molecular weight is 292 g/mol. The molecule has 20 heavy (non-hydrogen) atoms. The summed E-state index contributed by atoms with van der Waals surface area (Å²) < 4.78 is 5.58. The first kappa shape index (κ1) is 14.8. The van der Waals surface area contributed by atoms with Crippen molar-refractivity contribution in [3.63, 3.8) is 0 Å². The minimum Gasteiger partial charge on any atom is -0.483 e. The Kier molecular flexibility index (Phi) is 4.28. The molecular formula is C15H20N2O2S. The maximum absolute atomic E-state index is 12.1. The highest BCUT2D eigenvalue weighted by Crippen LogP contribution is 2.28. The molecule has 1 heterocycles. The quantitative estimate of drug-likeness (QED) is 0.862. The number of ether oxygens (including phenoxy) is 1. The zero-order valence-electron chi connectivity index (χ0n) is 11.9. The lowest BCUT2D eigenvalue weighted by Gasteiger charge is -2.20. The molecule has 0 saturated carbocycles. The van der Waals surface area contributed by atoms with Crippen LogP contribution in [0.3, 0.4) is 0 Å². The fraction of sp³-hybridized carbons (Fsp3) is 0.467. The molecule has 1 fully saturated rings. The summed E-state index contributed by atoms with van der Waals surface area (Å²) in [6.45, 7) is 5.95. The summed E-state index contributed by atoms with van der Waals surface area (Å²) in [5.41, 5.74) is 6.50. The lowest BCUT2D eigenvalue weighted by molar-refractivity contribution is -0.132. The fourth-order valence-corrected chi connectivity index (χ4v) is 2.52. The third-order valence-corrected chi connectivity index (χ3v) is 3.75. The molecule has 1 aliphatic heterocycles. The number of rotatable bonds is 4. The highest BCUT2D eigenvalue weighted by molar-refractivity contribution is 7.80. The van der Waals surface area contributed by atoms with E-state index in [4.69, 9.17) is 22.7 Å². The van der Waals surface area contributed by atoms with Crippen LogP contribution in [0, 0.1) is 5.41 Å². The molecule has 0 atom stereocenters. The first-order valence-electron chi connectivity index (χ1n) is 6.68. The van der Waals surface area contributed by atoms with E-state index >= 15 is 0 Å². The van der Waals surface area contributed by atoms with Gasteiger partial charge in [0.15, 0.2) is 6.61 Å². The van der Waals surface area contributed by atoms with E-state index < -0.39 is 0 Å². The molecule has 0 radical (unpaired) electrons. The van der Waals surface area contributed by atoms with Crippen LogP contribution in [0.25, 0.3) is 0 Å². The van der Waals surface area contributed by atoms with Crippen LogP contribution in [0.15, 0.2) is 24.3 Å². The van der Waals surface area contributed by atoms with Gasteiger partial charge in [0.2, 0.25) is 0 Å². The van der Waals surface area contributed by atoms with Crippen LogP contribution in [0.1, 0.15) is 25.8 Å². The third kappa shape index (κ3) is 3.48. The highest BCUT2D eigenvalue weighted by Gasteiger charge is 2.32. The molecule has 1 aromatic rings. The van der Waals surface area contributed by atoms with Crippen LogP contribution in [0.2, 0.25) is 0 Å². The van der Waals surface area contributed by atoms with Gasteiger partial charge in [-0.2, -0.15) is 0 Å². The van der Waals surface area contributed by atoms with Gasteiger partial charge in [-0.1, -0.05) is 38.2 Å². The number of benzene rings is 1. The van der Waals surface area contributed by atoms with Gasteiger partial charge in [-0.3, -0.25) is 4.79 Å². The Morgan fingerprint density at radius 1 is 1.45 bits per heavy atom. The Balaban J connectivity index is 1.96. The fourth-order valence-electron chi connectivity index (χ4n) is 2.35. The van der Waals surface area contributed by atoms with Gasteiger partial charge < -0.3 is 15.4 Å². The minimum atomic E-state index is 0.00770. The number of para-hydroxylation sites is 1. The number of amides is 1. The molecule has 0 spiro atoms. The lowest BCUT2D eigenvalue weighted by atomic mass is 9.93. The van der Waals surface area contributed by atoms with Crippen molar-refractivity contribution < 1.29 is 9.53 Å². The summed E-state index contributed by atoms with van der Waals surface area (Å²) >= 11 is 4.97. The first-order chi connectivity index (χ1) is 9.39. The predicted molar refractivity (Wildman–Crippen MR) is 82.8 cm³/mol. The molecule has 2 N–H and O–H groups in total. The van der Waals surface area contributed by atoms with E-state index in [0.29, 0.717) is 11.3 Å². The van der Waals surface area contributed by atoms with E-state index in [0.717, 1.165) is 19.5 Å². The molecule has 0 unspecified atom stereocenters. The number of nitrogens with two attached hydrogens (primary N) is 1. The number of carbonyl (C=O) groups excluding carboxylic acids is 1. The molecule has 1 aromatic carbocycles. The minimum absolute atomic E-state index is 0.00770. The molecule has 4 nitrogen and oxygen atoms in total. The van der Waals surface area contributed by atoms with Gasteiger partial charge in [0, 0.05) is 13.1 Å². The molecule has 108 valence electrons. The van der Waals surface area contributed by atoms with Crippen molar-refractivity contribution in [2.75, 3.05) is 19.7 Å². The van der Waals surface area contributed by atoms with Gasteiger partial charge in [0.1, 0.15) is 10.7 Å². The number of thiocarbonyl (C=S) groups is 1. The van der Waals surface area contributed by atoms with E-state index in [1.165, 1.54) is 0 Å². The number of carbonyl (C=O) groups is 1. The van der Waals surface area contributed by atoms with E-state index in [9.17, 15) is 4.79 Å². The second-order valence-electron chi connectivity index (χ2n) is 5.88. The van der Waals surface area contributed by atoms with E-state index in [1.807, 2.05) is 17.0 Å². The van der Waals surface area contributed by atoms with Crippen LogP contribution in [0.5, 0.6) is 5.75 Å². The van der Waals surface area contributed by atoms with Crippen molar-refractivity contribution in [2.45, 2.75) is 20.3 Å². The Bertz CT molecular complexity index is 528. The van der Waals surface area contributed by atoms with Crippen LogP contribution in [-0.2, 0) is 4.79 Å². The molecular weight excluding hydrogens is 272 g/mol. The smallest absolute Gasteiger partial charge is 0.260 e. The number of likely N-dealkylation sites (tertiary alicyclic amines) is 1. The maximum atomic E-state index is 12.1. The molecule has 0 bridgehead atoms. The second kappa shape index (κ2) is 5.79. The molecule has 1 amide bonds. The summed E-state index contributed by atoms with van der Waals surface area (Å²) in [7, 11) is 0. The van der Waals surface area contributed by atoms with E-state index in [-0.39, 0.29) is 22.9 Å². The normalized spacial score (nSPS) is 17.0. The second-order valence-corrected chi connectivity index (χ2v) is 6.32. The van der Waals surface area contributed by atoms with Gasteiger partial charge in [0.25, 0.3) is 5.91 Å². The molecule has 2 rings (SSSR count). The predicted octanol–water partition coefficient (Wildman–Crippen LogP) is 1.96. The third-order valence-electron chi connectivity index (χ3n) is 3.53.